The highest BCUT2D eigenvalue weighted by molar-refractivity contribution is 6.21. The van der Waals surface area contributed by atoms with Gasteiger partial charge in [0.15, 0.2) is 5.82 Å². The second kappa shape index (κ2) is 6.13. The average Bonchev–Trinajstić information content (AvgIpc) is 3.24. The van der Waals surface area contributed by atoms with Crippen molar-refractivity contribution in [2.24, 2.45) is 16.6 Å². The summed E-state index contributed by atoms with van der Waals surface area (Å²) < 4.78 is 5.00. The van der Waals surface area contributed by atoms with E-state index in [1.54, 1.807) is 19.2 Å². The van der Waals surface area contributed by atoms with Crippen molar-refractivity contribution in [3.8, 4) is 0 Å². The zero-order chi connectivity index (χ0) is 13.7. The maximum absolute atomic E-state index is 11.9. The first kappa shape index (κ1) is 13.3. The number of nitrogens with two attached hydrogens (primary N) is 1. The third-order valence-corrected chi connectivity index (χ3v) is 2.79. The zero-order valence-electron chi connectivity index (χ0n) is 10.9. The van der Waals surface area contributed by atoms with E-state index in [0.29, 0.717) is 23.7 Å². The molecule has 0 aliphatic heterocycles. The Morgan fingerprint density at radius 2 is 2.37 bits per heavy atom. The summed E-state index contributed by atoms with van der Waals surface area (Å²) in [5, 5.41) is 0. The first-order chi connectivity index (χ1) is 9.26. The Kier molecular flexibility index (Phi) is 4.28. The number of ether oxygens (including phenoxy) is 1. The SMILES string of the molecule is CCOC(=O)C(=CN)C(=Nc1ccccn1)C1CC1. The Hall–Kier alpha value is -2.17. The van der Waals surface area contributed by atoms with Gasteiger partial charge < -0.3 is 10.5 Å². The molecular weight excluding hydrogens is 242 g/mol. The number of hydrogen-bond acceptors (Lipinski definition) is 5. The van der Waals surface area contributed by atoms with Crippen molar-refractivity contribution in [3.05, 3.63) is 36.2 Å². The first-order valence-electron chi connectivity index (χ1n) is 6.35. The van der Waals surface area contributed by atoms with Gasteiger partial charge in [0.1, 0.15) is 0 Å². The standard InChI is InChI=1S/C14H17N3O2/c1-2-19-14(18)11(9-15)13(10-6-7-10)17-12-5-3-4-8-16-12/h3-5,8-10H,2,6-7,15H2,1H3. The Balaban J connectivity index is 2.29. The number of hydrogen-bond donors (Lipinski definition) is 1. The molecule has 0 bridgehead atoms. The van der Waals surface area contributed by atoms with Crippen LogP contribution in [0.1, 0.15) is 19.8 Å². The molecule has 1 heterocycles. The van der Waals surface area contributed by atoms with Crippen molar-refractivity contribution in [1.29, 1.82) is 0 Å². The van der Waals surface area contributed by atoms with Crippen LogP contribution >= 0.6 is 0 Å². The largest absolute Gasteiger partial charge is 0.462 e. The average molecular weight is 259 g/mol. The third kappa shape index (κ3) is 3.40. The lowest BCUT2D eigenvalue weighted by atomic mass is 10.1. The van der Waals surface area contributed by atoms with Crippen LogP contribution < -0.4 is 5.73 Å². The van der Waals surface area contributed by atoms with Crippen molar-refractivity contribution in [2.75, 3.05) is 6.61 Å². The summed E-state index contributed by atoms with van der Waals surface area (Å²) in [7, 11) is 0. The molecule has 1 aliphatic rings. The van der Waals surface area contributed by atoms with Gasteiger partial charge in [0, 0.05) is 18.3 Å². The molecule has 0 saturated heterocycles. The Labute approximate surface area is 112 Å². The third-order valence-electron chi connectivity index (χ3n) is 2.79. The van der Waals surface area contributed by atoms with Crippen molar-refractivity contribution in [2.45, 2.75) is 19.8 Å². The summed E-state index contributed by atoms with van der Waals surface area (Å²) in [6, 6.07) is 5.47. The molecule has 1 saturated carbocycles. The van der Waals surface area contributed by atoms with Crippen LogP contribution in [0.5, 0.6) is 0 Å². The van der Waals surface area contributed by atoms with Crippen LogP contribution in [0.4, 0.5) is 5.82 Å². The van der Waals surface area contributed by atoms with Gasteiger partial charge >= 0.3 is 5.97 Å². The summed E-state index contributed by atoms with van der Waals surface area (Å²) in [5.41, 5.74) is 6.58. The van der Waals surface area contributed by atoms with E-state index < -0.39 is 5.97 Å². The number of aliphatic imine (C=N–C) groups is 1. The minimum absolute atomic E-state index is 0.279. The molecule has 100 valence electrons. The fraction of sp³-hybridized carbons (Fsp3) is 0.357. The van der Waals surface area contributed by atoms with Crippen molar-refractivity contribution in [3.63, 3.8) is 0 Å². The molecular formula is C14H17N3O2. The van der Waals surface area contributed by atoms with E-state index in [0.717, 1.165) is 12.8 Å². The first-order valence-corrected chi connectivity index (χ1v) is 6.35. The summed E-state index contributed by atoms with van der Waals surface area (Å²) in [5.74, 6) is 0.431. The van der Waals surface area contributed by atoms with Gasteiger partial charge in [0.05, 0.1) is 17.9 Å². The molecule has 0 atom stereocenters. The quantitative estimate of drug-likeness (QED) is 0.498. The monoisotopic (exact) mass is 259 g/mol. The van der Waals surface area contributed by atoms with Crippen LogP contribution in [-0.2, 0) is 9.53 Å². The molecule has 1 aromatic rings. The number of carbonyl (C=O) groups excluding carboxylic acids is 1. The molecule has 1 fully saturated rings. The number of nitrogens with zero attached hydrogens (tertiary/aromatic N) is 2. The van der Waals surface area contributed by atoms with Gasteiger partial charge in [0.25, 0.3) is 0 Å². The van der Waals surface area contributed by atoms with Gasteiger partial charge in [-0.3, -0.25) is 0 Å². The summed E-state index contributed by atoms with van der Waals surface area (Å²) >= 11 is 0. The lowest BCUT2D eigenvalue weighted by molar-refractivity contribution is -0.137. The fourth-order valence-electron chi connectivity index (χ4n) is 1.74. The van der Waals surface area contributed by atoms with E-state index >= 15 is 0 Å². The summed E-state index contributed by atoms with van der Waals surface area (Å²) in [6.07, 6.45) is 4.97. The molecule has 1 aromatic heterocycles. The summed E-state index contributed by atoms with van der Waals surface area (Å²) in [6.45, 7) is 2.08. The Morgan fingerprint density at radius 1 is 1.58 bits per heavy atom. The number of pyridine rings is 1. The molecule has 2 N–H and O–H groups in total. The predicted octanol–water partition coefficient (Wildman–Crippen LogP) is 1.97. The normalized spacial score (nSPS) is 16.3. The molecule has 5 heteroatoms. The highest BCUT2D eigenvalue weighted by atomic mass is 16.5. The highest BCUT2D eigenvalue weighted by Gasteiger charge is 2.33. The maximum Gasteiger partial charge on any atom is 0.341 e. The zero-order valence-corrected chi connectivity index (χ0v) is 10.9. The molecule has 0 unspecified atom stereocenters. The maximum atomic E-state index is 11.9. The predicted molar refractivity (Wildman–Crippen MR) is 73.0 cm³/mol. The second-order valence-electron chi connectivity index (χ2n) is 4.26. The number of rotatable bonds is 5. The Bertz CT molecular complexity index is 505. The van der Waals surface area contributed by atoms with Crippen LogP contribution in [-0.4, -0.2) is 23.3 Å². The highest BCUT2D eigenvalue weighted by Crippen LogP contribution is 2.34. The summed E-state index contributed by atoms with van der Waals surface area (Å²) in [4.78, 5) is 20.5. The molecule has 0 radical (unpaired) electrons. The number of carbonyl (C=O) groups is 1. The fourth-order valence-corrected chi connectivity index (χ4v) is 1.74. The van der Waals surface area contributed by atoms with Crippen LogP contribution in [0.15, 0.2) is 41.2 Å². The lowest BCUT2D eigenvalue weighted by Crippen LogP contribution is -2.19. The number of aromatic nitrogens is 1. The van der Waals surface area contributed by atoms with Gasteiger partial charge in [-0.15, -0.1) is 0 Å². The molecule has 0 amide bonds. The van der Waals surface area contributed by atoms with Crippen molar-refractivity contribution < 1.29 is 9.53 Å². The van der Waals surface area contributed by atoms with Gasteiger partial charge in [-0.1, -0.05) is 6.07 Å². The van der Waals surface area contributed by atoms with Crippen LogP contribution in [0, 0.1) is 5.92 Å². The molecule has 2 rings (SSSR count). The van der Waals surface area contributed by atoms with Crippen molar-refractivity contribution >= 4 is 17.5 Å². The van der Waals surface area contributed by atoms with E-state index in [1.165, 1.54) is 6.20 Å². The smallest absolute Gasteiger partial charge is 0.341 e. The lowest BCUT2D eigenvalue weighted by Gasteiger charge is -2.08. The van der Waals surface area contributed by atoms with E-state index in [4.69, 9.17) is 10.5 Å². The topological polar surface area (TPSA) is 77.6 Å². The molecule has 0 aromatic carbocycles. The molecule has 5 nitrogen and oxygen atoms in total. The molecule has 19 heavy (non-hydrogen) atoms. The Morgan fingerprint density at radius 3 is 2.89 bits per heavy atom. The van der Waals surface area contributed by atoms with Gasteiger partial charge in [-0.05, 0) is 31.9 Å². The minimum Gasteiger partial charge on any atom is -0.462 e. The number of esters is 1. The van der Waals surface area contributed by atoms with Crippen LogP contribution in [0.3, 0.4) is 0 Å². The van der Waals surface area contributed by atoms with Crippen LogP contribution in [0.2, 0.25) is 0 Å². The van der Waals surface area contributed by atoms with E-state index in [1.807, 2.05) is 12.1 Å². The minimum atomic E-state index is -0.424. The molecule has 1 aliphatic carbocycles. The molecule has 0 spiro atoms. The van der Waals surface area contributed by atoms with E-state index in [9.17, 15) is 4.79 Å². The van der Waals surface area contributed by atoms with Gasteiger partial charge in [0.2, 0.25) is 0 Å². The van der Waals surface area contributed by atoms with Crippen molar-refractivity contribution in [1.82, 2.24) is 4.98 Å². The van der Waals surface area contributed by atoms with Gasteiger partial charge in [-0.2, -0.15) is 0 Å². The van der Waals surface area contributed by atoms with E-state index in [-0.39, 0.29) is 5.92 Å². The second-order valence-corrected chi connectivity index (χ2v) is 4.26. The van der Waals surface area contributed by atoms with E-state index in [2.05, 4.69) is 9.98 Å². The van der Waals surface area contributed by atoms with Gasteiger partial charge in [-0.25, -0.2) is 14.8 Å². The van der Waals surface area contributed by atoms with Crippen LogP contribution in [0.25, 0.3) is 0 Å².